The predicted molar refractivity (Wildman–Crippen MR) is 139 cm³/mol. The third-order valence-corrected chi connectivity index (χ3v) is 20.7. The molecule has 0 unspecified atom stereocenters. The van der Waals surface area contributed by atoms with Crippen LogP contribution in [-0.2, 0) is 19.1 Å². The third-order valence-electron chi connectivity index (χ3n) is 5.64. The van der Waals surface area contributed by atoms with Crippen molar-refractivity contribution < 1.29 is 19.1 Å². The maximum atomic E-state index is 13.1. The summed E-state index contributed by atoms with van der Waals surface area (Å²) in [5, 5.41) is 1.93. The summed E-state index contributed by atoms with van der Waals surface area (Å²) in [7, 11) is 0. The van der Waals surface area contributed by atoms with Gasteiger partial charge in [0.15, 0.2) is 0 Å². The van der Waals surface area contributed by atoms with Crippen LogP contribution in [0.5, 0.6) is 0 Å². The molecule has 0 radical (unpaired) electrons. The van der Waals surface area contributed by atoms with Crippen molar-refractivity contribution in [2.24, 2.45) is 0 Å². The van der Waals surface area contributed by atoms with Crippen molar-refractivity contribution >= 4 is 47.2 Å². The number of esters is 2. The number of ether oxygens (including phenoxy) is 2. The first-order chi connectivity index (χ1) is 15.5. The molecule has 0 bridgehead atoms. The van der Waals surface area contributed by atoms with Crippen LogP contribution in [0.4, 0.5) is 0 Å². The normalized spacial score (nSPS) is 12.7. The van der Waals surface area contributed by atoms with Gasteiger partial charge >= 0.3 is 204 Å². The van der Waals surface area contributed by atoms with Crippen molar-refractivity contribution in [3.63, 3.8) is 0 Å². The van der Waals surface area contributed by atoms with E-state index in [0.29, 0.717) is 24.4 Å². The summed E-state index contributed by atoms with van der Waals surface area (Å²) in [6.45, 7) is 11.0. The fraction of sp³-hybridized carbons (Fsp3) is 0.615. The Balaban J connectivity index is 3.61. The van der Waals surface area contributed by atoms with Gasteiger partial charge in [0.2, 0.25) is 0 Å². The molecule has 0 amide bonds. The Hall–Kier alpha value is -1.08. The molecule has 6 heteroatoms. The molecule has 0 spiro atoms. The van der Waals surface area contributed by atoms with Gasteiger partial charge in [0.05, 0.1) is 0 Å². The summed E-state index contributed by atoms with van der Waals surface area (Å²) in [5.41, 5.74) is 1.00. The van der Waals surface area contributed by atoms with E-state index >= 15 is 0 Å². The molecule has 0 atom stereocenters. The van der Waals surface area contributed by atoms with Crippen LogP contribution >= 0.6 is 11.3 Å². The third kappa shape index (κ3) is 9.82. The maximum absolute atomic E-state index is 13.1. The minimum absolute atomic E-state index is 0.298. The van der Waals surface area contributed by atoms with Gasteiger partial charge in [0.1, 0.15) is 0 Å². The summed E-state index contributed by atoms with van der Waals surface area (Å²) in [6.07, 6.45) is 8.85. The van der Waals surface area contributed by atoms with Gasteiger partial charge in [-0.2, -0.15) is 0 Å². The van der Waals surface area contributed by atoms with E-state index in [4.69, 9.17) is 9.47 Å². The Morgan fingerprint density at radius 1 is 0.875 bits per heavy atom. The molecular formula is C26H42O4SSn. The van der Waals surface area contributed by atoms with Gasteiger partial charge < -0.3 is 0 Å². The molecule has 0 fully saturated rings. The predicted octanol–water partition coefficient (Wildman–Crippen LogP) is 7.57. The molecule has 1 aromatic rings. The summed E-state index contributed by atoms with van der Waals surface area (Å²) < 4.78 is 16.9. The number of unbranched alkanes of at least 4 members (excludes halogenated alkanes) is 3. The standard InChI is InChI=1S/C14H15O4S.3C4H9.Sn/c1-4-17-13(15)10(3)9-11(14(16)18-5-2)12-7-6-8-19-12;3*1-3-4-2;/h3,6-9H,4-5H2,1-2H3;3*1,3-4H2,2H3;/b10-3?,11-9+;;;;. The van der Waals surface area contributed by atoms with Gasteiger partial charge in [-0.25, -0.2) is 0 Å². The second-order valence-electron chi connectivity index (χ2n) is 8.25. The van der Waals surface area contributed by atoms with E-state index in [-0.39, 0.29) is 11.9 Å². The van der Waals surface area contributed by atoms with E-state index in [1.165, 1.54) is 63.2 Å². The Bertz CT molecular complexity index is 715. The number of carbonyl (C=O) groups excluding carboxylic acids is 2. The van der Waals surface area contributed by atoms with E-state index in [0.717, 1.165) is 4.88 Å². The first-order valence-electron chi connectivity index (χ1n) is 12.3. The van der Waals surface area contributed by atoms with E-state index in [1.54, 1.807) is 13.0 Å². The van der Waals surface area contributed by atoms with Crippen molar-refractivity contribution in [3.8, 4) is 0 Å². The molecule has 32 heavy (non-hydrogen) atoms. The summed E-state index contributed by atoms with van der Waals surface area (Å²) >= 11 is -1.32. The van der Waals surface area contributed by atoms with Crippen molar-refractivity contribution in [2.75, 3.05) is 13.2 Å². The minimum atomic E-state index is -2.80. The van der Waals surface area contributed by atoms with Gasteiger partial charge in [-0.3, -0.25) is 0 Å². The number of rotatable bonds is 16. The number of carbonyl (C=O) groups is 2. The van der Waals surface area contributed by atoms with E-state index in [9.17, 15) is 9.59 Å². The Kier molecular flexibility index (Phi) is 14.9. The van der Waals surface area contributed by atoms with Gasteiger partial charge in [0.25, 0.3) is 0 Å². The Morgan fingerprint density at radius 3 is 1.84 bits per heavy atom. The summed E-state index contributed by atoms with van der Waals surface area (Å²) in [6, 6.07) is 3.81. The first kappa shape index (κ1) is 29.0. The fourth-order valence-corrected chi connectivity index (χ4v) is 19.5. The number of hydrogen-bond acceptors (Lipinski definition) is 5. The topological polar surface area (TPSA) is 52.6 Å². The average Bonchev–Trinajstić information content (AvgIpc) is 3.32. The molecule has 1 rings (SSSR count). The number of hydrogen-bond donors (Lipinski definition) is 0. The molecular weight excluding hydrogens is 527 g/mol. The Labute approximate surface area is 203 Å². The fourth-order valence-electron chi connectivity index (χ4n) is 3.91. The molecule has 1 aromatic heterocycles. The molecule has 0 aromatic carbocycles. The molecule has 0 aliphatic heterocycles. The van der Waals surface area contributed by atoms with Gasteiger partial charge in [-0.15, -0.1) is 0 Å². The van der Waals surface area contributed by atoms with Gasteiger partial charge in [0, 0.05) is 0 Å². The van der Waals surface area contributed by atoms with Gasteiger partial charge in [-0.05, 0) is 0 Å². The molecule has 0 saturated carbocycles. The van der Waals surface area contributed by atoms with Crippen LogP contribution in [0.1, 0.15) is 78.0 Å². The van der Waals surface area contributed by atoms with E-state index in [2.05, 4.69) is 24.9 Å². The molecule has 0 N–H and O–H groups in total. The molecule has 0 saturated heterocycles. The second-order valence-corrected chi connectivity index (χ2v) is 22.1. The SMILES string of the molecule is CCC[CH2][Sn](/[CH]=C(/C=C(/C(=O)OCC)c1cccs1)C(=O)OCC)([CH2]CCC)[CH2]CCC. The summed E-state index contributed by atoms with van der Waals surface area (Å²) in [4.78, 5) is 26.7. The Morgan fingerprint density at radius 2 is 1.41 bits per heavy atom. The van der Waals surface area contributed by atoms with Crippen LogP contribution in [0.15, 0.2) is 33.3 Å². The molecule has 4 nitrogen and oxygen atoms in total. The van der Waals surface area contributed by atoms with Crippen LogP contribution in [0.25, 0.3) is 5.57 Å². The van der Waals surface area contributed by atoms with Crippen molar-refractivity contribution in [1.82, 2.24) is 0 Å². The van der Waals surface area contributed by atoms with Crippen molar-refractivity contribution in [2.45, 2.75) is 86.5 Å². The molecule has 180 valence electrons. The first-order valence-corrected chi connectivity index (χ1v) is 20.9. The van der Waals surface area contributed by atoms with Crippen molar-refractivity contribution in [3.05, 3.63) is 38.1 Å². The zero-order valence-electron chi connectivity index (χ0n) is 20.7. The van der Waals surface area contributed by atoms with Crippen LogP contribution in [0.3, 0.4) is 0 Å². The molecule has 0 aliphatic carbocycles. The van der Waals surface area contributed by atoms with E-state index < -0.39 is 18.4 Å². The summed E-state index contributed by atoms with van der Waals surface area (Å²) in [5.74, 6) is -0.710. The van der Waals surface area contributed by atoms with Crippen LogP contribution in [0, 0.1) is 0 Å². The van der Waals surface area contributed by atoms with Crippen LogP contribution < -0.4 is 0 Å². The molecule has 0 aliphatic rings. The monoisotopic (exact) mass is 570 g/mol. The average molecular weight is 569 g/mol. The van der Waals surface area contributed by atoms with Crippen LogP contribution in [-0.4, -0.2) is 43.5 Å². The zero-order valence-corrected chi connectivity index (χ0v) is 24.4. The second kappa shape index (κ2) is 16.5. The van der Waals surface area contributed by atoms with Gasteiger partial charge in [-0.1, -0.05) is 0 Å². The van der Waals surface area contributed by atoms with E-state index in [1.807, 2.05) is 24.4 Å². The van der Waals surface area contributed by atoms with Crippen LogP contribution in [0.2, 0.25) is 13.3 Å². The molecule has 1 heterocycles. The van der Waals surface area contributed by atoms with Crippen molar-refractivity contribution in [1.29, 1.82) is 0 Å². The number of thiophene rings is 1. The zero-order chi connectivity index (χ0) is 23.8. The quantitative estimate of drug-likeness (QED) is 0.0892.